The fourth-order valence-electron chi connectivity index (χ4n) is 7.02. The average molecular weight is 992 g/mol. The molecular weight excluding hydrogens is 933 g/mol. The van der Waals surface area contributed by atoms with E-state index >= 15 is 0 Å². The molecule has 0 radical (unpaired) electrons. The molecule has 7 amide bonds. The molecule has 6 rings (SSSR count). The molecule has 22 nitrogen and oxygen atoms in total. The lowest BCUT2D eigenvalue weighted by atomic mass is 10.2. The molecule has 0 aromatic heterocycles. The number of anilines is 4. The molecule has 0 spiro atoms. The van der Waals surface area contributed by atoms with Crippen LogP contribution in [0, 0.1) is 11.6 Å². The minimum atomic E-state index is -0.684. The van der Waals surface area contributed by atoms with Crippen LogP contribution in [0.5, 0.6) is 0 Å². The van der Waals surface area contributed by atoms with Gasteiger partial charge in [0.05, 0.1) is 42.4 Å². The molecule has 67 heavy (non-hydrogen) atoms. The Bertz CT molecular complexity index is 2070. The molecule has 2 atom stereocenters. The molecule has 0 unspecified atom stereocenters. The Morgan fingerprint density at radius 1 is 0.672 bits per heavy atom. The molecule has 0 aliphatic carbocycles. The Labute approximate surface area is 398 Å². The second-order valence-electron chi connectivity index (χ2n) is 16.0. The van der Waals surface area contributed by atoms with Crippen molar-refractivity contribution in [2.75, 3.05) is 125 Å². The van der Waals surface area contributed by atoms with Gasteiger partial charge in [-0.05, 0) is 57.2 Å². The van der Waals surface area contributed by atoms with Crippen LogP contribution in [0.1, 0.15) is 20.8 Å². The number of benzene rings is 2. The van der Waals surface area contributed by atoms with E-state index in [1.807, 2.05) is 4.90 Å². The first-order valence-electron chi connectivity index (χ1n) is 20.9. The molecule has 4 saturated heterocycles. The van der Waals surface area contributed by atoms with Crippen molar-refractivity contribution in [1.82, 2.24) is 25.8 Å². The van der Waals surface area contributed by atoms with Crippen molar-refractivity contribution in [1.29, 1.82) is 0 Å². The van der Waals surface area contributed by atoms with Gasteiger partial charge in [0.25, 0.3) is 11.8 Å². The highest BCUT2D eigenvalue weighted by Gasteiger charge is 2.35. The van der Waals surface area contributed by atoms with Crippen molar-refractivity contribution < 1.29 is 66.0 Å². The van der Waals surface area contributed by atoms with Crippen LogP contribution in [-0.4, -0.2) is 176 Å². The number of carbonyl (C=O) groups excluding carboxylic acids is 7. The zero-order valence-corrected chi connectivity index (χ0v) is 39.4. The number of alkyl carbamates (subject to hydrolysis) is 3. The molecule has 372 valence electrons. The summed E-state index contributed by atoms with van der Waals surface area (Å²) < 4.78 is 54.8. The molecule has 2 aromatic carbocycles. The van der Waals surface area contributed by atoms with E-state index in [0.717, 1.165) is 0 Å². The van der Waals surface area contributed by atoms with Gasteiger partial charge in [-0.1, -0.05) is 0 Å². The van der Waals surface area contributed by atoms with Gasteiger partial charge in [-0.3, -0.25) is 19.4 Å². The van der Waals surface area contributed by atoms with Crippen molar-refractivity contribution >= 4 is 89.8 Å². The summed E-state index contributed by atoms with van der Waals surface area (Å²) in [7, 11) is 2.81. The van der Waals surface area contributed by atoms with Gasteiger partial charge in [0.1, 0.15) is 29.4 Å². The van der Waals surface area contributed by atoms with Crippen molar-refractivity contribution in [2.45, 2.75) is 38.6 Å². The van der Waals surface area contributed by atoms with E-state index in [4.69, 9.17) is 29.4 Å². The summed E-state index contributed by atoms with van der Waals surface area (Å²) in [5, 5.41) is 7.10. The fourth-order valence-corrected chi connectivity index (χ4v) is 7.02. The first kappa shape index (κ1) is 55.1. The predicted octanol–water partition coefficient (Wildman–Crippen LogP) is 2.64. The highest BCUT2D eigenvalue weighted by Crippen LogP contribution is 2.30. The monoisotopic (exact) mass is 990 g/mol. The highest BCUT2D eigenvalue weighted by atomic mass is 35.5. The maximum absolute atomic E-state index is 15.0. The topological polar surface area (TPSA) is 247 Å². The molecule has 4 fully saturated rings. The standard InChI is InChI=1S/C23H32FN5O7.C18H24FN5O5.2ClH/c1-23(2,3)36-21(32)26-12-16-13-29(22(33)35-16)15-5-6-18(17(24)11-15)27-7-9-28(10-8-27)19(30)14-34-20(31)25-4;1-21-17(26)28-11-16(25)23-6-4-22(5-7-23)15-3-2-12(8-14(15)19)24-10-13(9-20)29-18(24)27;;/h5-6,11,16H,7-10,12-14H2,1-4H3,(H,25,31)(H,26,32);2-3,8,13H,4-7,9-11,20H2,1H3,(H,21,26);2*1H/t16-;13-;;/m00../s1. The van der Waals surface area contributed by atoms with Crippen LogP contribution >= 0.6 is 24.8 Å². The van der Waals surface area contributed by atoms with E-state index in [-0.39, 0.29) is 76.0 Å². The fraction of sp³-hybridized carbons (Fsp3) is 0.537. The number of rotatable bonds is 11. The van der Waals surface area contributed by atoms with Crippen molar-refractivity contribution in [3.63, 3.8) is 0 Å². The largest absolute Gasteiger partial charge is 0.444 e. The van der Waals surface area contributed by atoms with Crippen LogP contribution in [0.15, 0.2) is 36.4 Å². The Kier molecular flexibility index (Phi) is 20.6. The molecule has 0 bridgehead atoms. The lowest BCUT2D eigenvalue weighted by Crippen LogP contribution is -2.50. The average Bonchev–Trinajstić information content (AvgIpc) is 3.87. The molecule has 4 aliphatic heterocycles. The zero-order chi connectivity index (χ0) is 47.4. The molecule has 4 heterocycles. The summed E-state index contributed by atoms with van der Waals surface area (Å²) >= 11 is 0. The highest BCUT2D eigenvalue weighted by molar-refractivity contribution is 5.91. The van der Waals surface area contributed by atoms with E-state index in [9.17, 15) is 42.3 Å². The number of hydrogen-bond donors (Lipinski definition) is 4. The Morgan fingerprint density at radius 3 is 1.43 bits per heavy atom. The molecule has 5 N–H and O–H groups in total. The summed E-state index contributed by atoms with van der Waals surface area (Å²) in [6.45, 7) is 8.36. The van der Waals surface area contributed by atoms with Gasteiger partial charge in [-0.2, -0.15) is 0 Å². The van der Waals surface area contributed by atoms with E-state index < -0.39 is 59.9 Å². The van der Waals surface area contributed by atoms with Gasteiger partial charge in [-0.25, -0.2) is 32.8 Å². The maximum Gasteiger partial charge on any atom is 0.414 e. The van der Waals surface area contributed by atoms with E-state index in [1.165, 1.54) is 36.0 Å². The van der Waals surface area contributed by atoms with Gasteiger partial charge in [-0.15, -0.1) is 24.8 Å². The molecule has 0 saturated carbocycles. The first-order chi connectivity index (χ1) is 30.9. The molecule has 4 aliphatic rings. The number of nitrogens with zero attached hydrogens (tertiary/aromatic N) is 6. The van der Waals surface area contributed by atoms with E-state index in [1.54, 1.807) is 59.7 Å². The van der Waals surface area contributed by atoms with Gasteiger partial charge in [0.2, 0.25) is 0 Å². The van der Waals surface area contributed by atoms with Crippen LogP contribution in [0.2, 0.25) is 0 Å². The number of carbonyl (C=O) groups is 7. The first-order valence-corrected chi connectivity index (χ1v) is 20.9. The van der Waals surface area contributed by atoms with E-state index in [0.29, 0.717) is 75.1 Å². The second-order valence-corrected chi connectivity index (χ2v) is 16.0. The summed E-state index contributed by atoms with van der Waals surface area (Å²) in [6.07, 6.45) is -4.15. The number of amides is 7. The van der Waals surface area contributed by atoms with Crippen LogP contribution < -0.4 is 41.3 Å². The summed E-state index contributed by atoms with van der Waals surface area (Å²) in [5.41, 5.74) is 6.36. The van der Waals surface area contributed by atoms with Crippen LogP contribution in [0.25, 0.3) is 0 Å². The van der Waals surface area contributed by atoms with Gasteiger partial charge >= 0.3 is 30.5 Å². The van der Waals surface area contributed by atoms with Crippen LogP contribution in [0.4, 0.5) is 55.5 Å². The van der Waals surface area contributed by atoms with Crippen LogP contribution in [0.3, 0.4) is 0 Å². The van der Waals surface area contributed by atoms with Crippen molar-refractivity contribution in [2.24, 2.45) is 5.73 Å². The number of nitrogens with one attached hydrogen (secondary N) is 3. The summed E-state index contributed by atoms with van der Waals surface area (Å²) in [6, 6.07) is 9.03. The SMILES string of the molecule is CNC(=O)OCC(=O)N1CCN(c2ccc(N3C[C@H](CN)OC3=O)cc2F)CC1.CNC(=O)OCC(=O)N1CCN(c2ccc(N3C[C@H](CNC(=O)OC(C)(C)C)OC3=O)cc2F)CC1.Cl.Cl. The lowest BCUT2D eigenvalue weighted by Gasteiger charge is -2.36. The second kappa shape index (κ2) is 25.0. The normalized spacial score (nSPS) is 18.0. The van der Waals surface area contributed by atoms with Gasteiger partial charge in [0, 0.05) is 73.0 Å². The number of halogens is 4. The summed E-state index contributed by atoms with van der Waals surface area (Å²) in [5.74, 6) is -1.60. The third-order valence-corrected chi connectivity index (χ3v) is 10.4. The van der Waals surface area contributed by atoms with Crippen molar-refractivity contribution in [3.8, 4) is 0 Å². The summed E-state index contributed by atoms with van der Waals surface area (Å²) in [4.78, 5) is 91.9. The quantitative estimate of drug-likeness (QED) is 0.237. The van der Waals surface area contributed by atoms with Crippen LogP contribution in [-0.2, 0) is 33.3 Å². The number of hydrogen-bond acceptors (Lipinski definition) is 15. The minimum absolute atomic E-state index is 0. The smallest absolute Gasteiger partial charge is 0.414 e. The number of nitrogens with two attached hydrogens (primary N) is 1. The van der Waals surface area contributed by atoms with Gasteiger partial charge in [0.15, 0.2) is 13.2 Å². The van der Waals surface area contributed by atoms with Crippen molar-refractivity contribution in [3.05, 3.63) is 48.0 Å². The molecular formula is C41H58Cl2F2N10O12. The Morgan fingerprint density at radius 2 is 1.07 bits per heavy atom. The molecule has 2 aromatic rings. The minimum Gasteiger partial charge on any atom is -0.444 e. The third-order valence-electron chi connectivity index (χ3n) is 10.4. The Balaban J connectivity index is 0.000000352. The van der Waals surface area contributed by atoms with E-state index in [2.05, 4.69) is 16.0 Å². The Hall–Kier alpha value is -6.27. The van der Waals surface area contributed by atoms with Gasteiger partial charge < -0.3 is 65.0 Å². The number of cyclic esters (lactones) is 2. The number of piperazine rings is 2. The third kappa shape index (κ3) is 15.4. The maximum atomic E-state index is 15.0. The number of ether oxygens (including phenoxy) is 5. The zero-order valence-electron chi connectivity index (χ0n) is 37.8. The predicted molar refractivity (Wildman–Crippen MR) is 244 cm³/mol. The lowest BCUT2D eigenvalue weighted by molar-refractivity contribution is -0.135. The molecule has 26 heteroatoms.